The summed E-state index contributed by atoms with van der Waals surface area (Å²) in [6.07, 6.45) is 1.57. The lowest BCUT2D eigenvalue weighted by molar-refractivity contribution is 0.452. The van der Waals surface area contributed by atoms with E-state index in [0.717, 1.165) is 10.9 Å². The SMILES string of the molecule is CCC(CC#N)NC(C)c1cc(Br)cs1. The normalized spacial score (nSPS) is 14.5. The van der Waals surface area contributed by atoms with Crippen LogP contribution in [-0.4, -0.2) is 6.04 Å². The highest BCUT2D eigenvalue weighted by molar-refractivity contribution is 9.10. The van der Waals surface area contributed by atoms with Crippen molar-refractivity contribution in [2.24, 2.45) is 0 Å². The molecule has 0 saturated carbocycles. The fraction of sp³-hybridized carbons (Fsp3) is 0.545. The van der Waals surface area contributed by atoms with Crippen LogP contribution in [0.15, 0.2) is 15.9 Å². The van der Waals surface area contributed by atoms with Crippen molar-refractivity contribution in [1.29, 1.82) is 5.26 Å². The Balaban J connectivity index is 2.54. The Morgan fingerprint density at radius 1 is 1.67 bits per heavy atom. The largest absolute Gasteiger partial charge is 0.306 e. The Hall–Kier alpha value is -0.370. The van der Waals surface area contributed by atoms with Crippen LogP contribution in [0.4, 0.5) is 0 Å². The van der Waals surface area contributed by atoms with Crippen LogP contribution < -0.4 is 5.32 Å². The van der Waals surface area contributed by atoms with Crippen molar-refractivity contribution in [3.8, 4) is 6.07 Å². The number of nitriles is 1. The van der Waals surface area contributed by atoms with Crippen molar-refractivity contribution in [3.63, 3.8) is 0 Å². The molecule has 2 unspecified atom stereocenters. The van der Waals surface area contributed by atoms with Crippen LogP contribution in [0.5, 0.6) is 0 Å². The second kappa shape index (κ2) is 6.26. The van der Waals surface area contributed by atoms with E-state index in [4.69, 9.17) is 5.26 Å². The van der Waals surface area contributed by atoms with E-state index in [1.807, 2.05) is 0 Å². The Labute approximate surface area is 103 Å². The zero-order chi connectivity index (χ0) is 11.3. The third kappa shape index (κ3) is 3.94. The van der Waals surface area contributed by atoms with Crippen LogP contribution in [0.2, 0.25) is 0 Å². The van der Waals surface area contributed by atoms with Gasteiger partial charge in [-0.3, -0.25) is 0 Å². The molecule has 4 heteroatoms. The summed E-state index contributed by atoms with van der Waals surface area (Å²) in [4.78, 5) is 1.30. The molecule has 1 aromatic heterocycles. The van der Waals surface area contributed by atoms with Gasteiger partial charge in [0, 0.05) is 26.8 Å². The summed E-state index contributed by atoms with van der Waals surface area (Å²) in [7, 11) is 0. The van der Waals surface area contributed by atoms with E-state index in [0.29, 0.717) is 18.5 Å². The lowest BCUT2D eigenvalue weighted by Gasteiger charge is -2.19. The molecular formula is C11H15BrN2S. The summed E-state index contributed by atoms with van der Waals surface area (Å²) < 4.78 is 1.13. The first kappa shape index (κ1) is 12.7. The van der Waals surface area contributed by atoms with E-state index in [1.165, 1.54) is 4.88 Å². The van der Waals surface area contributed by atoms with Gasteiger partial charge in [0.1, 0.15) is 0 Å². The summed E-state index contributed by atoms with van der Waals surface area (Å²) in [6, 6.07) is 4.95. The molecule has 15 heavy (non-hydrogen) atoms. The van der Waals surface area contributed by atoms with Gasteiger partial charge in [0.2, 0.25) is 0 Å². The summed E-state index contributed by atoms with van der Waals surface area (Å²) >= 11 is 5.18. The van der Waals surface area contributed by atoms with Gasteiger partial charge in [0.25, 0.3) is 0 Å². The molecule has 0 aliphatic rings. The fourth-order valence-corrected chi connectivity index (χ4v) is 2.88. The molecule has 0 radical (unpaired) electrons. The first-order valence-electron chi connectivity index (χ1n) is 5.04. The average Bonchev–Trinajstić information content (AvgIpc) is 2.64. The van der Waals surface area contributed by atoms with Crippen LogP contribution in [0.3, 0.4) is 0 Å². The standard InChI is InChI=1S/C11H15BrN2S/c1-3-10(4-5-13)14-8(2)11-6-9(12)7-15-11/h6-8,10,14H,3-4H2,1-2H3. The molecule has 0 aliphatic heterocycles. The van der Waals surface area contributed by atoms with Gasteiger partial charge < -0.3 is 5.32 Å². The predicted molar refractivity (Wildman–Crippen MR) is 67.9 cm³/mol. The van der Waals surface area contributed by atoms with Gasteiger partial charge in [-0.05, 0) is 35.3 Å². The van der Waals surface area contributed by atoms with Crippen LogP contribution >= 0.6 is 27.3 Å². The Morgan fingerprint density at radius 3 is 2.87 bits per heavy atom. The van der Waals surface area contributed by atoms with Gasteiger partial charge in [-0.25, -0.2) is 0 Å². The monoisotopic (exact) mass is 286 g/mol. The Kier molecular flexibility index (Phi) is 5.30. The molecule has 1 aromatic rings. The molecule has 1 heterocycles. The van der Waals surface area contributed by atoms with Crippen LogP contribution in [0.25, 0.3) is 0 Å². The molecule has 0 spiro atoms. The van der Waals surface area contributed by atoms with Crippen molar-refractivity contribution < 1.29 is 0 Å². The van der Waals surface area contributed by atoms with Gasteiger partial charge in [-0.15, -0.1) is 11.3 Å². The van der Waals surface area contributed by atoms with Gasteiger partial charge in [-0.2, -0.15) is 5.26 Å². The second-order valence-electron chi connectivity index (χ2n) is 3.52. The Morgan fingerprint density at radius 2 is 2.40 bits per heavy atom. The summed E-state index contributed by atoms with van der Waals surface area (Å²) in [6.45, 7) is 4.24. The molecule has 2 atom stereocenters. The van der Waals surface area contributed by atoms with Crippen molar-refractivity contribution in [3.05, 3.63) is 20.8 Å². The van der Waals surface area contributed by atoms with E-state index < -0.39 is 0 Å². The zero-order valence-electron chi connectivity index (χ0n) is 8.96. The second-order valence-corrected chi connectivity index (χ2v) is 5.38. The molecule has 82 valence electrons. The molecule has 0 fully saturated rings. The smallest absolute Gasteiger partial charge is 0.0638 e. The number of hydrogen-bond donors (Lipinski definition) is 1. The lowest BCUT2D eigenvalue weighted by atomic mass is 10.1. The molecular weight excluding hydrogens is 272 g/mol. The maximum absolute atomic E-state index is 8.66. The van der Waals surface area contributed by atoms with Gasteiger partial charge in [0.05, 0.1) is 12.5 Å². The van der Waals surface area contributed by atoms with Crippen molar-refractivity contribution in [2.45, 2.75) is 38.8 Å². The lowest BCUT2D eigenvalue weighted by Crippen LogP contribution is -2.30. The first-order chi connectivity index (χ1) is 7.17. The number of rotatable bonds is 5. The van der Waals surface area contributed by atoms with Gasteiger partial charge in [-0.1, -0.05) is 6.92 Å². The van der Waals surface area contributed by atoms with Gasteiger partial charge in [0.15, 0.2) is 0 Å². The minimum Gasteiger partial charge on any atom is -0.306 e. The summed E-state index contributed by atoms with van der Waals surface area (Å²) in [5.74, 6) is 0. The fourth-order valence-electron chi connectivity index (χ4n) is 1.42. The van der Waals surface area contributed by atoms with Crippen LogP contribution in [-0.2, 0) is 0 Å². The minimum atomic E-state index is 0.297. The van der Waals surface area contributed by atoms with Crippen molar-refractivity contribution >= 4 is 27.3 Å². The highest BCUT2D eigenvalue weighted by atomic mass is 79.9. The van der Waals surface area contributed by atoms with E-state index in [2.05, 4.69) is 52.6 Å². The summed E-state index contributed by atoms with van der Waals surface area (Å²) in [5.41, 5.74) is 0. The van der Waals surface area contributed by atoms with E-state index in [-0.39, 0.29) is 0 Å². The molecule has 0 amide bonds. The number of nitrogens with one attached hydrogen (secondary N) is 1. The van der Waals surface area contributed by atoms with Crippen LogP contribution in [0, 0.1) is 11.3 Å². The Bertz CT molecular complexity index is 343. The number of halogens is 1. The molecule has 0 aromatic carbocycles. The molecule has 0 saturated heterocycles. The predicted octanol–water partition coefficient (Wildman–Crippen LogP) is 3.85. The van der Waals surface area contributed by atoms with E-state index in [9.17, 15) is 0 Å². The maximum Gasteiger partial charge on any atom is 0.0638 e. The zero-order valence-corrected chi connectivity index (χ0v) is 11.4. The number of hydrogen-bond acceptors (Lipinski definition) is 3. The third-order valence-corrected chi connectivity index (χ3v) is 4.21. The molecule has 1 rings (SSSR count). The maximum atomic E-state index is 8.66. The van der Waals surface area contributed by atoms with Gasteiger partial charge >= 0.3 is 0 Å². The third-order valence-electron chi connectivity index (χ3n) is 2.33. The highest BCUT2D eigenvalue weighted by Gasteiger charge is 2.12. The van der Waals surface area contributed by atoms with Crippen molar-refractivity contribution in [2.75, 3.05) is 0 Å². The van der Waals surface area contributed by atoms with Crippen molar-refractivity contribution in [1.82, 2.24) is 5.32 Å². The molecule has 2 nitrogen and oxygen atoms in total. The van der Waals surface area contributed by atoms with Crippen LogP contribution in [0.1, 0.15) is 37.6 Å². The highest BCUT2D eigenvalue weighted by Crippen LogP contribution is 2.25. The van der Waals surface area contributed by atoms with E-state index in [1.54, 1.807) is 11.3 Å². The van der Waals surface area contributed by atoms with E-state index >= 15 is 0 Å². The number of thiophene rings is 1. The molecule has 0 bridgehead atoms. The molecule has 0 aliphatic carbocycles. The quantitative estimate of drug-likeness (QED) is 0.892. The number of nitrogens with zero attached hydrogens (tertiary/aromatic N) is 1. The topological polar surface area (TPSA) is 35.8 Å². The minimum absolute atomic E-state index is 0.297. The average molecular weight is 287 g/mol. The summed E-state index contributed by atoms with van der Waals surface area (Å²) in [5, 5.41) is 14.2. The molecule has 1 N–H and O–H groups in total. The first-order valence-corrected chi connectivity index (χ1v) is 6.71.